The van der Waals surface area contributed by atoms with Crippen LogP contribution >= 0.6 is 0 Å². The van der Waals surface area contributed by atoms with Crippen molar-refractivity contribution in [1.29, 1.82) is 0 Å². The number of alkyl halides is 4. The van der Waals surface area contributed by atoms with Crippen LogP contribution in [-0.2, 0) is 57.1 Å². The molecule has 0 aliphatic carbocycles. The quantitative estimate of drug-likeness (QED) is 0.0222. The van der Waals surface area contributed by atoms with Gasteiger partial charge in [0, 0.05) is 47.0 Å². The van der Waals surface area contributed by atoms with Gasteiger partial charge in [-0.15, -0.1) is 0 Å². The van der Waals surface area contributed by atoms with Crippen LogP contribution in [0.1, 0.15) is 111 Å². The van der Waals surface area contributed by atoms with Crippen LogP contribution in [0.3, 0.4) is 0 Å². The van der Waals surface area contributed by atoms with Crippen molar-refractivity contribution in [1.82, 2.24) is 38.2 Å². The van der Waals surface area contributed by atoms with Gasteiger partial charge in [-0.2, -0.15) is 0 Å². The third-order valence-electron chi connectivity index (χ3n) is 16.0. The highest BCUT2D eigenvalue weighted by molar-refractivity contribution is 5.77. The van der Waals surface area contributed by atoms with E-state index in [0.717, 1.165) is 29.4 Å². The Bertz CT molecular complexity index is 4550. The fraction of sp³-hybridized carbons (Fsp3) is 0.667. The third-order valence-corrected chi connectivity index (χ3v) is 16.0. The number of rotatable bonds is 20. The second-order valence-electron chi connectivity index (χ2n) is 25.6. The minimum absolute atomic E-state index is 0.0126. The van der Waals surface area contributed by atoms with Crippen molar-refractivity contribution in [3.8, 4) is 0 Å². The molecule has 40 nitrogen and oxygen atoms in total. The molecule has 0 spiro atoms. The monoisotopic (exact) mass is 1510 g/mol. The number of hydrogen-bond acceptors (Lipinski definition) is 32. The SMILES string of the molecule is Cc1cn([C@@H]2O[C@](F)(COC(=O)[C@@H](N)C(C)C)[C@@H](O)[C@H]2O)c(=O)[nH]c1=O.[2H]C([2H])(OC(=O)[C@@H](N)C(C)C)[C@@]1(F)O[C@@H](n2cc(C)c(=O)[nH]c2=O)[C@H](O)[C@@H]1O.[2H]C([2H])(OC(=O)[C@@H](N)C(C)C)[C@@]1(F)O[C@@]([2H])(n2cc(C)c(=O)[nH]c2=O)[C@H](O)[C@@H]1O.[2H][C@@]1(n2cc(C)c(=O)[nH]c2=O)O[C@](F)(COC(=O)[C@@H](N)C(C)C)[C@@H](O)[C@H]1O. The first-order valence-corrected chi connectivity index (χ1v) is 31.2. The van der Waals surface area contributed by atoms with E-state index in [-0.39, 0.29) is 38.7 Å². The standard InChI is InChI=1S/4C15H22FN3O7/c4*1-6(2)8(17)13(23)25-5-15(16)10(21)9(20)12(26-15)19-4-7(3)11(22)18-14(19)24/h4*4,6,8-10,12,20-21H,5,17H2,1-3H3,(H,18,22,24)/t4*8-,9+,10-,12+,15+/m0000/s1/i5D2,12D;12D;5D2;. The van der Waals surface area contributed by atoms with Crippen LogP contribution in [0.4, 0.5) is 17.6 Å². The molecule has 4 saturated heterocycles. The Morgan fingerprint density at radius 3 is 0.952 bits per heavy atom. The number of aromatic amines is 4. The van der Waals surface area contributed by atoms with Crippen molar-refractivity contribution in [2.45, 2.75) is 204 Å². The molecule has 4 aliphatic rings. The van der Waals surface area contributed by atoms with Gasteiger partial charge in [0.2, 0.25) is 0 Å². The zero-order valence-electron chi connectivity index (χ0n) is 63.5. The Kier molecular flexibility index (Phi) is 25.3. The zero-order valence-corrected chi connectivity index (χ0v) is 57.5. The lowest BCUT2D eigenvalue weighted by molar-refractivity contribution is -0.217. The lowest BCUT2D eigenvalue weighted by Crippen LogP contribution is -2.46. The molecule has 4 fully saturated rings. The lowest BCUT2D eigenvalue weighted by Gasteiger charge is -2.24. The number of aromatic nitrogens is 8. The molecule has 44 heteroatoms. The number of ether oxygens (including phenoxy) is 8. The summed E-state index contributed by atoms with van der Waals surface area (Å²) >= 11 is 0. The highest BCUT2D eigenvalue weighted by atomic mass is 19.2. The van der Waals surface area contributed by atoms with Crippen molar-refractivity contribution < 1.29 is 124 Å². The predicted octanol–water partition coefficient (Wildman–Crippen LogP) is -6.85. The maximum Gasteiger partial charge on any atom is 0.330 e. The first kappa shape index (κ1) is 76.8. The van der Waals surface area contributed by atoms with Gasteiger partial charge < -0.3 is 102 Å². The molecule has 0 aromatic carbocycles. The highest BCUT2D eigenvalue weighted by Crippen LogP contribution is 2.42. The Morgan fingerprint density at radius 1 is 0.423 bits per heavy atom. The second-order valence-corrected chi connectivity index (χ2v) is 25.6. The summed E-state index contributed by atoms with van der Waals surface area (Å²) < 4.78 is 148. The van der Waals surface area contributed by atoms with Crippen LogP contribution in [0.15, 0.2) is 63.1 Å². The summed E-state index contributed by atoms with van der Waals surface area (Å²) in [4.78, 5) is 149. The van der Waals surface area contributed by atoms with Gasteiger partial charge in [0.15, 0.2) is 51.2 Å². The molecule has 20 N–H and O–H groups in total. The van der Waals surface area contributed by atoms with E-state index < -0.39 is 228 Å². The molecule has 584 valence electrons. The highest BCUT2D eigenvalue weighted by Gasteiger charge is 2.61. The summed E-state index contributed by atoms with van der Waals surface area (Å²) in [6.45, 7) is 8.58. The molecule has 4 aliphatic heterocycles. The third kappa shape index (κ3) is 19.4. The summed E-state index contributed by atoms with van der Waals surface area (Å²) in [5.74, 6) is -19.8. The van der Waals surface area contributed by atoms with E-state index in [1.807, 2.05) is 19.9 Å². The molecule has 0 saturated carbocycles. The summed E-state index contributed by atoms with van der Waals surface area (Å²) in [7, 11) is 0. The molecule has 20 atom stereocenters. The van der Waals surface area contributed by atoms with Crippen molar-refractivity contribution >= 4 is 23.9 Å². The van der Waals surface area contributed by atoms with Crippen LogP contribution in [-0.4, -0.2) is 226 Å². The number of nitrogens with one attached hydrogen (secondary N) is 4. The number of carbonyl (C=O) groups is 4. The topological polar surface area (TPSA) is 627 Å². The van der Waals surface area contributed by atoms with Crippen molar-refractivity contribution in [3.05, 3.63) is 130 Å². The second kappa shape index (κ2) is 34.3. The van der Waals surface area contributed by atoms with Crippen molar-refractivity contribution in [2.24, 2.45) is 46.6 Å². The molecular weight excluding hydrogens is 1410 g/mol. The van der Waals surface area contributed by atoms with Gasteiger partial charge in [-0.25, -0.2) is 36.7 Å². The Labute approximate surface area is 592 Å². The molecule has 0 amide bonds. The van der Waals surface area contributed by atoms with Crippen LogP contribution in [0.2, 0.25) is 0 Å². The molecule has 8 heterocycles. The summed E-state index contributed by atoms with van der Waals surface area (Å²) in [5, 5.41) is 80.7. The zero-order chi connectivity index (χ0) is 84.7. The number of aliphatic hydroxyl groups is 8. The number of halogens is 4. The number of aliphatic hydroxyl groups excluding tert-OH is 8. The number of esters is 4. The van der Waals surface area contributed by atoms with Gasteiger partial charge in [-0.3, -0.25) is 76.6 Å². The van der Waals surface area contributed by atoms with Gasteiger partial charge >= 0.3 is 46.6 Å². The minimum Gasteiger partial charge on any atom is -0.458 e. The maximum absolute atomic E-state index is 15.4. The molecule has 4 aromatic heterocycles. The number of nitrogens with zero attached hydrogens (tertiary/aromatic N) is 4. The lowest BCUT2D eigenvalue weighted by atomic mass is 10.1. The Balaban J connectivity index is 0.000000263. The molecule has 104 heavy (non-hydrogen) atoms. The van der Waals surface area contributed by atoms with Gasteiger partial charge in [0.25, 0.3) is 45.7 Å². The van der Waals surface area contributed by atoms with E-state index in [2.05, 4.69) is 14.2 Å². The average molecular weight is 1510 g/mol. The number of aryl methyl sites for hydroxylation is 4. The summed E-state index contributed by atoms with van der Waals surface area (Å²) in [6, 6.07) is -4.66. The summed E-state index contributed by atoms with van der Waals surface area (Å²) in [6.07, 6.45) is -24.2. The predicted molar refractivity (Wildman–Crippen MR) is 343 cm³/mol. The number of carbonyl (C=O) groups excluding carboxylic acids is 4. The first-order chi connectivity index (χ1) is 50.1. The number of hydrogen-bond donors (Lipinski definition) is 16. The van der Waals surface area contributed by atoms with E-state index in [1.165, 1.54) is 41.5 Å². The average Bonchev–Trinajstić information content (AvgIpc) is 1.57. The van der Waals surface area contributed by atoms with Crippen LogP contribution in [0.5, 0.6) is 0 Å². The van der Waals surface area contributed by atoms with Crippen LogP contribution in [0, 0.1) is 51.4 Å². The molecule has 0 unspecified atom stereocenters. The van der Waals surface area contributed by atoms with E-state index in [1.54, 1.807) is 41.5 Å². The Hall–Kier alpha value is -8.32. The van der Waals surface area contributed by atoms with Crippen LogP contribution < -0.4 is 67.9 Å². The molecular formula is C60H88F4N12O28. The van der Waals surface area contributed by atoms with E-state index in [0.29, 0.717) is 9.13 Å². The molecule has 0 bridgehead atoms. The normalized spacial score (nSPS) is 32.3. The van der Waals surface area contributed by atoms with Gasteiger partial charge in [-0.05, 0) is 51.4 Å². The number of H-pyrrole nitrogens is 4. The number of nitrogens with two attached hydrogens (primary N) is 4. The Morgan fingerprint density at radius 2 is 0.644 bits per heavy atom. The van der Waals surface area contributed by atoms with Crippen molar-refractivity contribution in [3.63, 3.8) is 0 Å². The molecule has 4 aromatic rings. The van der Waals surface area contributed by atoms with E-state index >= 15 is 13.2 Å². The summed E-state index contributed by atoms with van der Waals surface area (Å²) in [5.41, 5.74) is 14.8. The maximum atomic E-state index is 15.4. The first-order valence-electron chi connectivity index (χ1n) is 34.2. The fourth-order valence-electron chi connectivity index (χ4n) is 8.95. The minimum atomic E-state index is -3.95. The van der Waals surface area contributed by atoms with Gasteiger partial charge in [0.05, 0.1) is 8.22 Å². The smallest absolute Gasteiger partial charge is 0.330 e. The van der Waals surface area contributed by atoms with Gasteiger partial charge in [-0.1, -0.05) is 55.4 Å². The molecule has 0 radical (unpaired) electrons. The van der Waals surface area contributed by atoms with Crippen LogP contribution in [0.25, 0.3) is 0 Å². The molecule has 8 rings (SSSR count). The largest absolute Gasteiger partial charge is 0.458 e. The van der Waals surface area contributed by atoms with Crippen molar-refractivity contribution in [2.75, 3.05) is 26.3 Å². The fourth-order valence-corrected chi connectivity index (χ4v) is 8.95. The van der Waals surface area contributed by atoms with E-state index in [4.69, 9.17) is 54.8 Å². The van der Waals surface area contributed by atoms with Gasteiger partial charge in [0.1, 0.15) is 73.0 Å². The van der Waals surface area contributed by atoms with E-state index in [9.17, 15) is 103 Å².